The van der Waals surface area contributed by atoms with Crippen molar-refractivity contribution >= 4 is 17.5 Å². The molecule has 1 atom stereocenters. The number of benzene rings is 1. The summed E-state index contributed by atoms with van der Waals surface area (Å²) in [6, 6.07) is 8.91. The van der Waals surface area contributed by atoms with Crippen LogP contribution in [0, 0.1) is 0 Å². The number of hydrogen-bond donors (Lipinski definition) is 3. The molecule has 0 bridgehead atoms. The standard InChI is InChI=1S/C21H29N5O2/c1-4-21(2,3)24-19(27)15-7-9-16(10-8-15)23-20(28)18-11-13-26(25-18)17-6-5-12-22-14-17/h7-11,13,17,22H,4-6,12,14H2,1-3H3,(H,23,28)(H,24,27). The van der Waals surface area contributed by atoms with Crippen molar-refractivity contribution in [1.29, 1.82) is 0 Å². The number of hydrogen-bond acceptors (Lipinski definition) is 4. The Balaban J connectivity index is 1.60. The summed E-state index contributed by atoms with van der Waals surface area (Å²) in [5.74, 6) is -0.378. The maximum atomic E-state index is 12.5. The lowest BCUT2D eigenvalue weighted by atomic mass is 10.0. The molecule has 2 amide bonds. The Bertz CT molecular complexity index is 820. The monoisotopic (exact) mass is 383 g/mol. The highest BCUT2D eigenvalue weighted by atomic mass is 16.2. The molecule has 0 spiro atoms. The molecule has 1 aromatic carbocycles. The van der Waals surface area contributed by atoms with Gasteiger partial charge >= 0.3 is 0 Å². The molecule has 1 aromatic heterocycles. The van der Waals surface area contributed by atoms with Gasteiger partial charge < -0.3 is 16.0 Å². The first kappa shape index (κ1) is 20.1. The molecule has 3 N–H and O–H groups in total. The summed E-state index contributed by atoms with van der Waals surface area (Å²) in [6.45, 7) is 7.92. The van der Waals surface area contributed by atoms with E-state index < -0.39 is 0 Å². The first-order chi connectivity index (χ1) is 13.4. The van der Waals surface area contributed by atoms with E-state index in [1.807, 2.05) is 31.6 Å². The molecule has 1 saturated heterocycles. The Morgan fingerprint density at radius 2 is 1.96 bits per heavy atom. The zero-order valence-electron chi connectivity index (χ0n) is 16.8. The van der Waals surface area contributed by atoms with Crippen LogP contribution in [0.4, 0.5) is 5.69 Å². The minimum Gasteiger partial charge on any atom is -0.347 e. The van der Waals surface area contributed by atoms with Crippen LogP contribution in [0.1, 0.15) is 66.9 Å². The summed E-state index contributed by atoms with van der Waals surface area (Å²) in [5, 5.41) is 13.6. The number of nitrogens with zero attached hydrogens (tertiary/aromatic N) is 2. The van der Waals surface area contributed by atoms with Gasteiger partial charge in [0.15, 0.2) is 5.69 Å². The Morgan fingerprint density at radius 3 is 2.61 bits per heavy atom. The van der Waals surface area contributed by atoms with Crippen molar-refractivity contribution in [3.8, 4) is 0 Å². The normalized spacial score (nSPS) is 17.2. The van der Waals surface area contributed by atoms with E-state index in [1.165, 1.54) is 0 Å². The van der Waals surface area contributed by atoms with Crippen molar-refractivity contribution in [2.75, 3.05) is 18.4 Å². The minimum atomic E-state index is -0.258. The highest BCUT2D eigenvalue weighted by Crippen LogP contribution is 2.17. The molecule has 0 aliphatic carbocycles. The van der Waals surface area contributed by atoms with Crippen LogP contribution in [0.3, 0.4) is 0 Å². The van der Waals surface area contributed by atoms with Crippen LogP contribution in [0.15, 0.2) is 36.5 Å². The Labute approximate surface area is 165 Å². The average Bonchev–Trinajstić information content (AvgIpc) is 3.19. The van der Waals surface area contributed by atoms with Crippen LogP contribution in [0.25, 0.3) is 0 Å². The van der Waals surface area contributed by atoms with Crippen molar-refractivity contribution in [2.24, 2.45) is 0 Å². The van der Waals surface area contributed by atoms with Gasteiger partial charge in [0.2, 0.25) is 0 Å². The van der Waals surface area contributed by atoms with Gasteiger partial charge in [0.25, 0.3) is 11.8 Å². The fourth-order valence-corrected chi connectivity index (χ4v) is 3.09. The van der Waals surface area contributed by atoms with Crippen LogP contribution >= 0.6 is 0 Å². The third kappa shape index (κ3) is 4.98. The molecule has 2 aromatic rings. The third-order valence-electron chi connectivity index (χ3n) is 5.23. The van der Waals surface area contributed by atoms with Crippen molar-refractivity contribution in [1.82, 2.24) is 20.4 Å². The molecule has 1 fully saturated rings. The van der Waals surface area contributed by atoms with Crippen LogP contribution in [0.5, 0.6) is 0 Å². The second kappa shape index (κ2) is 8.56. The molecule has 2 heterocycles. The topological polar surface area (TPSA) is 88.0 Å². The average molecular weight is 383 g/mol. The van der Waals surface area contributed by atoms with Crippen molar-refractivity contribution in [3.05, 3.63) is 47.8 Å². The first-order valence-electron chi connectivity index (χ1n) is 9.88. The number of carbonyl (C=O) groups excluding carboxylic acids is 2. The van der Waals surface area contributed by atoms with Gasteiger partial charge in [-0.2, -0.15) is 5.10 Å². The van der Waals surface area contributed by atoms with Gasteiger partial charge in [-0.15, -0.1) is 0 Å². The third-order valence-corrected chi connectivity index (χ3v) is 5.23. The number of anilines is 1. The summed E-state index contributed by atoms with van der Waals surface area (Å²) >= 11 is 0. The summed E-state index contributed by atoms with van der Waals surface area (Å²) in [6.07, 6.45) is 4.88. The summed E-state index contributed by atoms with van der Waals surface area (Å²) in [5.41, 5.74) is 1.33. The predicted octanol–water partition coefficient (Wildman–Crippen LogP) is 2.98. The van der Waals surface area contributed by atoms with Gasteiger partial charge in [0.1, 0.15) is 0 Å². The van der Waals surface area contributed by atoms with E-state index in [-0.39, 0.29) is 17.4 Å². The number of aromatic nitrogens is 2. The summed E-state index contributed by atoms with van der Waals surface area (Å²) < 4.78 is 1.87. The van der Waals surface area contributed by atoms with Crippen molar-refractivity contribution in [3.63, 3.8) is 0 Å². The Kier molecular flexibility index (Phi) is 6.14. The van der Waals surface area contributed by atoms with Crippen LogP contribution in [-0.4, -0.2) is 40.2 Å². The number of rotatable bonds is 6. The molecular formula is C21H29N5O2. The van der Waals surface area contributed by atoms with E-state index in [1.54, 1.807) is 30.3 Å². The number of piperidine rings is 1. The van der Waals surface area contributed by atoms with Gasteiger partial charge in [0.05, 0.1) is 6.04 Å². The molecule has 1 unspecified atom stereocenters. The van der Waals surface area contributed by atoms with E-state index in [4.69, 9.17) is 0 Å². The van der Waals surface area contributed by atoms with Crippen molar-refractivity contribution < 1.29 is 9.59 Å². The van der Waals surface area contributed by atoms with E-state index in [0.717, 1.165) is 32.4 Å². The SMILES string of the molecule is CCC(C)(C)NC(=O)c1ccc(NC(=O)c2ccn(C3CCCNC3)n2)cc1. The molecule has 0 saturated carbocycles. The lowest BCUT2D eigenvalue weighted by Crippen LogP contribution is -2.42. The maximum Gasteiger partial charge on any atom is 0.276 e. The quantitative estimate of drug-likeness (QED) is 0.716. The largest absolute Gasteiger partial charge is 0.347 e. The zero-order valence-corrected chi connectivity index (χ0v) is 16.8. The molecule has 150 valence electrons. The highest BCUT2D eigenvalue weighted by Gasteiger charge is 2.20. The molecular weight excluding hydrogens is 354 g/mol. The van der Waals surface area contributed by atoms with E-state index in [9.17, 15) is 9.59 Å². The molecule has 7 heteroatoms. The van der Waals surface area contributed by atoms with Crippen LogP contribution < -0.4 is 16.0 Å². The molecule has 1 aliphatic rings. The second-order valence-corrected chi connectivity index (χ2v) is 7.90. The first-order valence-corrected chi connectivity index (χ1v) is 9.88. The molecule has 0 radical (unpaired) electrons. The lowest BCUT2D eigenvalue weighted by Gasteiger charge is -2.24. The van der Waals surface area contributed by atoms with Gasteiger partial charge in [0, 0.05) is 29.5 Å². The maximum absolute atomic E-state index is 12.5. The number of carbonyl (C=O) groups is 2. The summed E-state index contributed by atoms with van der Waals surface area (Å²) in [7, 11) is 0. The lowest BCUT2D eigenvalue weighted by molar-refractivity contribution is 0.0911. The van der Waals surface area contributed by atoms with Crippen molar-refractivity contribution in [2.45, 2.75) is 51.6 Å². The van der Waals surface area contributed by atoms with Gasteiger partial charge in [-0.25, -0.2) is 0 Å². The predicted molar refractivity (Wildman–Crippen MR) is 110 cm³/mol. The number of nitrogens with one attached hydrogen (secondary N) is 3. The van der Waals surface area contributed by atoms with Gasteiger partial charge in [-0.1, -0.05) is 6.92 Å². The van der Waals surface area contributed by atoms with E-state index in [2.05, 4.69) is 21.0 Å². The van der Waals surface area contributed by atoms with Crippen LogP contribution in [-0.2, 0) is 0 Å². The van der Waals surface area contributed by atoms with E-state index in [0.29, 0.717) is 23.0 Å². The minimum absolute atomic E-state index is 0.121. The second-order valence-electron chi connectivity index (χ2n) is 7.90. The Morgan fingerprint density at radius 1 is 1.21 bits per heavy atom. The highest BCUT2D eigenvalue weighted by molar-refractivity contribution is 6.03. The fourth-order valence-electron chi connectivity index (χ4n) is 3.09. The smallest absolute Gasteiger partial charge is 0.276 e. The van der Waals surface area contributed by atoms with Gasteiger partial charge in [-0.3, -0.25) is 14.3 Å². The molecule has 1 aliphatic heterocycles. The number of amides is 2. The zero-order chi connectivity index (χ0) is 20.1. The molecule has 28 heavy (non-hydrogen) atoms. The van der Waals surface area contributed by atoms with Gasteiger partial charge in [-0.05, 0) is 70.0 Å². The molecule has 7 nitrogen and oxygen atoms in total. The van der Waals surface area contributed by atoms with Crippen LogP contribution in [0.2, 0.25) is 0 Å². The molecule has 3 rings (SSSR count). The fraction of sp³-hybridized carbons (Fsp3) is 0.476. The summed E-state index contributed by atoms with van der Waals surface area (Å²) in [4.78, 5) is 24.8. The van der Waals surface area contributed by atoms with E-state index >= 15 is 0 Å². The Hall–Kier alpha value is -2.67.